The van der Waals surface area contributed by atoms with E-state index in [1.807, 2.05) is 12.3 Å². The maximum atomic E-state index is 4.94. The Kier molecular flexibility index (Phi) is 3.89. The molecule has 2 aromatic heterocycles. The Morgan fingerprint density at radius 3 is 2.90 bits per heavy atom. The molecule has 0 radical (unpaired) electrons. The minimum atomic E-state index is 0.628. The van der Waals surface area contributed by atoms with E-state index in [1.54, 1.807) is 0 Å². The standard InChI is InChI=1S/C17H23N3S/c1-2-5-14(6-3-1)20-16(11-13-8-10-21-12-13)19-15-7-4-9-18-17(15)20/h4,7,9,13-14H,1-3,5-6,8,10-12H2. The van der Waals surface area contributed by atoms with Crippen LogP contribution in [0.15, 0.2) is 18.3 Å². The van der Waals surface area contributed by atoms with E-state index < -0.39 is 0 Å². The molecule has 1 atom stereocenters. The van der Waals surface area contributed by atoms with Crippen LogP contribution in [0.5, 0.6) is 0 Å². The second kappa shape index (κ2) is 5.99. The monoisotopic (exact) mass is 301 g/mol. The molecule has 0 spiro atoms. The summed E-state index contributed by atoms with van der Waals surface area (Å²) in [6.07, 6.45) is 11.1. The highest BCUT2D eigenvalue weighted by molar-refractivity contribution is 7.99. The van der Waals surface area contributed by atoms with E-state index in [0.29, 0.717) is 6.04 Å². The topological polar surface area (TPSA) is 30.7 Å². The number of thioether (sulfide) groups is 1. The Hall–Kier alpha value is -1.03. The van der Waals surface area contributed by atoms with Gasteiger partial charge in [0.05, 0.1) is 0 Å². The first-order chi connectivity index (χ1) is 10.4. The van der Waals surface area contributed by atoms with E-state index in [9.17, 15) is 0 Å². The lowest BCUT2D eigenvalue weighted by Crippen LogP contribution is -2.18. The lowest BCUT2D eigenvalue weighted by Gasteiger charge is -2.25. The van der Waals surface area contributed by atoms with Crippen LogP contribution < -0.4 is 0 Å². The van der Waals surface area contributed by atoms with Crippen LogP contribution >= 0.6 is 11.8 Å². The maximum absolute atomic E-state index is 4.94. The highest BCUT2D eigenvalue weighted by Crippen LogP contribution is 2.34. The van der Waals surface area contributed by atoms with Crippen LogP contribution in [-0.4, -0.2) is 26.0 Å². The molecule has 3 nitrogen and oxygen atoms in total. The van der Waals surface area contributed by atoms with Crippen molar-refractivity contribution >= 4 is 22.9 Å². The van der Waals surface area contributed by atoms with Gasteiger partial charge in [0.25, 0.3) is 0 Å². The molecular weight excluding hydrogens is 278 g/mol. The number of hydrogen-bond donors (Lipinski definition) is 0. The van der Waals surface area contributed by atoms with E-state index in [0.717, 1.165) is 23.5 Å². The van der Waals surface area contributed by atoms with E-state index in [2.05, 4.69) is 27.4 Å². The smallest absolute Gasteiger partial charge is 0.160 e. The van der Waals surface area contributed by atoms with Crippen molar-refractivity contribution in [3.05, 3.63) is 24.2 Å². The van der Waals surface area contributed by atoms with Crippen molar-refractivity contribution in [1.29, 1.82) is 0 Å². The minimum absolute atomic E-state index is 0.628. The van der Waals surface area contributed by atoms with Gasteiger partial charge in [-0.3, -0.25) is 0 Å². The number of pyridine rings is 1. The van der Waals surface area contributed by atoms with Gasteiger partial charge >= 0.3 is 0 Å². The third kappa shape index (κ3) is 2.70. The van der Waals surface area contributed by atoms with Crippen LogP contribution in [-0.2, 0) is 6.42 Å². The average Bonchev–Trinajstić information content (AvgIpc) is 3.15. The Morgan fingerprint density at radius 2 is 2.10 bits per heavy atom. The van der Waals surface area contributed by atoms with Crippen LogP contribution in [0.1, 0.15) is 50.4 Å². The van der Waals surface area contributed by atoms with Gasteiger partial charge in [0.15, 0.2) is 5.65 Å². The summed E-state index contributed by atoms with van der Waals surface area (Å²) in [5.74, 6) is 4.74. The lowest BCUT2D eigenvalue weighted by atomic mass is 9.94. The molecular formula is C17H23N3S. The summed E-state index contributed by atoms with van der Waals surface area (Å²) in [6.45, 7) is 0. The number of hydrogen-bond acceptors (Lipinski definition) is 3. The van der Waals surface area contributed by atoms with Crippen molar-refractivity contribution in [2.75, 3.05) is 11.5 Å². The first kappa shape index (κ1) is 13.6. The summed E-state index contributed by atoms with van der Waals surface area (Å²) in [7, 11) is 0. The molecule has 2 aromatic rings. The molecule has 0 N–H and O–H groups in total. The second-order valence-electron chi connectivity index (χ2n) is 6.47. The summed E-state index contributed by atoms with van der Waals surface area (Å²) >= 11 is 2.10. The zero-order chi connectivity index (χ0) is 14.1. The van der Waals surface area contributed by atoms with Crippen LogP contribution in [0.2, 0.25) is 0 Å². The molecule has 21 heavy (non-hydrogen) atoms. The summed E-state index contributed by atoms with van der Waals surface area (Å²) in [4.78, 5) is 9.59. The van der Waals surface area contributed by atoms with Crippen molar-refractivity contribution in [3.63, 3.8) is 0 Å². The summed E-state index contributed by atoms with van der Waals surface area (Å²) in [5.41, 5.74) is 2.20. The molecule has 1 aliphatic heterocycles. The third-order valence-corrected chi connectivity index (χ3v) is 6.19. The minimum Gasteiger partial charge on any atom is -0.310 e. The van der Waals surface area contributed by atoms with Gasteiger partial charge in [-0.05, 0) is 48.8 Å². The summed E-state index contributed by atoms with van der Waals surface area (Å²) in [5, 5.41) is 0. The molecule has 4 rings (SSSR count). The highest BCUT2D eigenvalue weighted by atomic mass is 32.2. The van der Waals surface area contributed by atoms with Crippen LogP contribution in [0, 0.1) is 5.92 Å². The van der Waals surface area contributed by atoms with Gasteiger partial charge in [-0.15, -0.1) is 0 Å². The molecule has 2 fully saturated rings. The molecule has 112 valence electrons. The van der Waals surface area contributed by atoms with Crippen LogP contribution in [0.3, 0.4) is 0 Å². The zero-order valence-corrected chi connectivity index (χ0v) is 13.3. The summed E-state index contributed by atoms with van der Waals surface area (Å²) < 4.78 is 2.50. The van der Waals surface area contributed by atoms with Crippen molar-refractivity contribution < 1.29 is 0 Å². The van der Waals surface area contributed by atoms with Gasteiger partial charge in [-0.25, -0.2) is 9.97 Å². The molecule has 0 bridgehead atoms. The molecule has 2 aliphatic rings. The Bertz CT molecular complexity index is 610. The van der Waals surface area contributed by atoms with Gasteiger partial charge < -0.3 is 4.57 Å². The second-order valence-corrected chi connectivity index (χ2v) is 7.62. The van der Waals surface area contributed by atoms with Gasteiger partial charge in [-0.1, -0.05) is 19.3 Å². The molecule has 0 aromatic carbocycles. The molecule has 0 amide bonds. The van der Waals surface area contributed by atoms with E-state index in [4.69, 9.17) is 4.98 Å². The molecule has 1 saturated heterocycles. The van der Waals surface area contributed by atoms with Gasteiger partial charge in [0, 0.05) is 18.7 Å². The number of nitrogens with zero attached hydrogens (tertiary/aromatic N) is 3. The number of rotatable bonds is 3. The van der Waals surface area contributed by atoms with E-state index >= 15 is 0 Å². The highest BCUT2D eigenvalue weighted by Gasteiger charge is 2.25. The number of aromatic nitrogens is 3. The number of imidazole rings is 1. The van der Waals surface area contributed by atoms with Gasteiger partial charge in [-0.2, -0.15) is 11.8 Å². The fourth-order valence-corrected chi connectivity index (χ4v) is 5.13. The fraction of sp³-hybridized carbons (Fsp3) is 0.647. The quantitative estimate of drug-likeness (QED) is 0.850. The van der Waals surface area contributed by atoms with E-state index in [1.165, 1.54) is 55.9 Å². The van der Waals surface area contributed by atoms with Crippen molar-refractivity contribution in [3.8, 4) is 0 Å². The molecule has 3 heterocycles. The first-order valence-electron chi connectivity index (χ1n) is 8.31. The Morgan fingerprint density at radius 1 is 1.19 bits per heavy atom. The van der Waals surface area contributed by atoms with E-state index in [-0.39, 0.29) is 0 Å². The maximum Gasteiger partial charge on any atom is 0.160 e. The third-order valence-electron chi connectivity index (χ3n) is 4.96. The lowest BCUT2D eigenvalue weighted by molar-refractivity contribution is 0.347. The van der Waals surface area contributed by atoms with Crippen LogP contribution in [0.25, 0.3) is 11.2 Å². The van der Waals surface area contributed by atoms with Gasteiger partial charge in [0.2, 0.25) is 0 Å². The largest absolute Gasteiger partial charge is 0.310 e. The molecule has 1 aliphatic carbocycles. The molecule has 1 unspecified atom stereocenters. The Balaban J connectivity index is 1.72. The zero-order valence-electron chi connectivity index (χ0n) is 12.5. The van der Waals surface area contributed by atoms with Crippen LogP contribution in [0.4, 0.5) is 0 Å². The van der Waals surface area contributed by atoms with Gasteiger partial charge in [0.1, 0.15) is 11.3 Å². The first-order valence-corrected chi connectivity index (χ1v) is 9.47. The van der Waals surface area contributed by atoms with Crippen molar-refractivity contribution in [1.82, 2.24) is 14.5 Å². The summed E-state index contributed by atoms with van der Waals surface area (Å²) in [6, 6.07) is 4.76. The molecule has 1 saturated carbocycles. The Labute approximate surface area is 130 Å². The number of fused-ring (bicyclic) bond motifs is 1. The normalized spacial score (nSPS) is 23.9. The fourth-order valence-electron chi connectivity index (χ4n) is 3.85. The predicted molar refractivity (Wildman–Crippen MR) is 88.8 cm³/mol. The van der Waals surface area contributed by atoms with Crippen molar-refractivity contribution in [2.24, 2.45) is 5.92 Å². The SMILES string of the molecule is c1cnc2c(c1)nc(CC1CCSC1)n2C1CCCCC1. The predicted octanol–water partition coefficient (Wildman–Crippen LogP) is 4.23. The molecule has 4 heteroatoms. The van der Waals surface area contributed by atoms with Crippen molar-refractivity contribution in [2.45, 2.75) is 51.0 Å². The average molecular weight is 301 g/mol.